The summed E-state index contributed by atoms with van der Waals surface area (Å²) in [7, 11) is 0. The van der Waals surface area contributed by atoms with Crippen molar-refractivity contribution in [2.45, 2.75) is 17.6 Å². The lowest BCUT2D eigenvalue weighted by Gasteiger charge is -2.11. The van der Waals surface area contributed by atoms with E-state index in [1.54, 1.807) is 11.8 Å². The first-order chi connectivity index (χ1) is 9.20. The lowest BCUT2D eigenvalue weighted by Crippen LogP contribution is -1.98. The highest BCUT2D eigenvalue weighted by molar-refractivity contribution is 7.98. The molecule has 2 aromatic carbocycles. The van der Waals surface area contributed by atoms with Crippen molar-refractivity contribution in [1.29, 1.82) is 0 Å². The normalized spacial score (nSPS) is 10.4. The number of anilines is 1. The van der Waals surface area contributed by atoms with Gasteiger partial charge in [0.2, 0.25) is 0 Å². The molecule has 0 radical (unpaired) electrons. The topological polar surface area (TPSA) is 35.2 Å². The zero-order chi connectivity index (χ0) is 13.7. The van der Waals surface area contributed by atoms with Gasteiger partial charge in [-0.15, -0.1) is 11.8 Å². The molecule has 0 aliphatic carbocycles. The molecule has 2 rings (SSSR count). The first-order valence-corrected chi connectivity index (χ1v) is 7.45. The van der Waals surface area contributed by atoms with Gasteiger partial charge in [-0.3, -0.25) is 0 Å². The Hall–Kier alpha value is -1.32. The predicted octanol–water partition coefficient (Wildman–Crippen LogP) is 4.61. The molecule has 0 saturated carbocycles. The van der Waals surface area contributed by atoms with Crippen molar-refractivity contribution in [2.24, 2.45) is 0 Å². The van der Waals surface area contributed by atoms with E-state index in [2.05, 4.69) is 0 Å². The van der Waals surface area contributed by atoms with Crippen LogP contribution in [0.5, 0.6) is 5.75 Å². The van der Waals surface area contributed by atoms with E-state index < -0.39 is 0 Å². The van der Waals surface area contributed by atoms with Crippen LogP contribution in [0.4, 0.5) is 5.69 Å². The number of hydrogen-bond acceptors (Lipinski definition) is 3. The minimum Gasteiger partial charge on any atom is -0.492 e. The molecule has 0 amide bonds. The maximum absolute atomic E-state index is 6.09. The Balaban J connectivity index is 2.07. The van der Waals surface area contributed by atoms with Gasteiger partial charge in [-0.1, -0.05) is 29.8 Å². The molecular formula is C15H16ClNOS. The zero-order valence-electron chi connectivity index (χ0n) is 10.7. The van der Waals surface area contributed by atoms with Crippen LogP contribution in [0.2, 0.25) is 5.02 Å². The molecule has 4 heteroatoms. The minimum atomic E-state index is 0.621. The van der Waals surface area contributed by atoms with Gasteiger partial charge >= 0.3 is 0 Å². The second kappa shape index (κ2) is 6.73. The van der Waals surface area contributed by atoms with E-state index in [1.807, 2.05) is 49.4 Å². The molecule has 0 bridgehead atoms. The second-order valence-corrected chi connectivity index (χ2v) is 5.47. The molecule has 0 unspecified atom stereocenters. The van der Waals surface area contributed by atoms with Crippen molar-refractivity contribution in [2.75, 3.05) is 12.3 Å². The molecule has 0 saturated heterocycles. The number of nitrogen functional groups attached to an aromatic ring is 1. The minimum absolute atomic E-state index is 0.621. The number of benzene rings is 2. The fraction of sp³-hybridized carbons (Fsp3) is 0.200. The van der Waals surface area contributed by atoms with Crippen molar-refractivity contribution in [3.63, 3.8) is 0 Å². The molecule has 0 atom stereocenters. The number of halogens is 1. The third-order valence-electron chi connectivity index (χ3n) is 2.63. The Morgan fingerprint density at radius 2 is 1.89 bits per heavy atom. The van der Waals surface area contributed by atoms with Gasteiger partial charge in [0.1, 0.15) is 5.75 Å². The summed E-state index contributed by atoms with van der Waals surface area (Å²) in [6.45, 7) is 2.57. The molecule has 0 heterocycles. The Kier molecular flexibility index (Phi) is 5.00. The van der Waals surface area contributed by atoms with Gasteiger partial charge in [0.25, 0.3) is 0 Å². The average Bonchev–Trinajstić information content (AvgIpc) is 2.42. The highest BCUT2D eigenvalue weighted by Gasteiger charge is 2.06. The summed E-state index contributed by atoms with van der Waals surface area (Å²) in [5.74, 6) is 1.61. The van der Waals surface area contributed by atoms with Crippen LogP contribution in [0.25, 0.3) is 0 Å². The van der Waals surface area contributed by atoms with Crippen molar-refractivity contribution in [3.05, 3.63) is 53.1 Å². The Bertz CT molecular complexity index is 542. The quantitative estimate of drug-likeness (QED) is 0.646. The van der Waals surface area contributed by atoms with Gasteiger partial charge < -0.3 is 10.5 Å². The van der Waals surface area contributed by atoms with Crippen LogP contribution in [0, 0.1) is 0 Å². The molecule has 2 aromatic rings. The highest BCUT2D eigenvalue weighted by Crippen LogP contribution is 2.34. The Morgan fingerprint density at radius 1 is 1.16 bits per heavy atom. The molecule has 0 aromatic heterocycles. The first kappa shape index (κ1) is 14.1. The van der Waals surface area contributed by atoms with Crippen LogP contribution in [0.3, 0.4) is 0 Å². The van der Waals surface area contributed by atoms with E-state index in [-0.39, 0.29) is 0 Å². The smallest absolute Gasteiger partial charge is 0.143 e. The largest absolute Gasteiger partial charge is 0.492 e. The van der Waals surface area contributed by atoms with Gasteiger partial charge in [0, 0.05) is 15.7 Å². The monoisotopic (exact) mass is 293 g/mol. The molecule has 19 heavy (non-hydrogen) atoms. The summed E-state index contributed by atoms with van der Waals surface area (Å²) < 4.78 is 5.49. The maximum Gasteiger partial charge on any atom is 0.143 e. The Labute approximate surface area is 122 Å². The van der Waals surface area contributed by atoms with Crippen molar-refractivity contribution in [3.8, 4) is 5.75 Å². The lowest BCUT2D eigenvalue weighted by atomic mass is 10.2. The van der Waals surface area contributed by atoms with Crippen LogP contribution in [-0.4, -0.2) is 6.61 Å². The van der Waals surface area contributed by atoms with Crippen molar-refractivity contribution in [1.82, 2.24) is 0 Å². The molecule has 0 spiro atoms. The van der Waals surface area contributed by atoms with Crippen LogP contribution in [-0.2, 0) is 5.75 Å². The fourth-order valence-electron chi connectivity index (χ4n) is 1.67. The summed E-state index contributed by atoms with van der Waals surface area (Å²) >= 11 is 7.56. The van der Waals surface area contributed by atoms with E-state index >= 15 is 0 Å². The molecular weight excluding hydrogens is 278 g/mol. The molecule has 2 nitrogen and oxygen atoms in total. The number of thioether (sulfide) groups is 1. The maximum atomic E-state index is 6.09. The zero-order valence-corrected chi connectivity index (χ0v) is 12.3. The summed E-state index contributed by atoms with van der Waals surface area (Å²) in [5, 5.41) is 0.756. The van der Waals surface area contributed by atoms with E-state index in [1.165, 1.54) is 5.56 Å². The molecule has 2 N–H and O–H groups in total. The number of ether oxygens (including phenoxy) is 1. The van der Waals surface area contributed by atoms with Crippen molar-refractivity contribution < 1.29 is 4.74 Å². The summed E-state index contributed by atoms with van der Waals surface area (Å²) in [5.41, 5.74) is 8.02. The van der Waals surface area contributed by atoms with E-state index in [0.29, 0.717) is 12.3 Å². The van der Waals surface area contributed by atoms with Gasteiger partial charge in [0.05, 0.1) is 12.3 Å². The molecule has 0 aliphatic heterocycles. The van der Waals surface area contributed by atoms with E-state index in [9.17, 15) is 0 Å². The first-order valence-electron chi connectivity index (χ1n) is 6.09. The fourth-order valence-corrected chi connectivity index (χ4v) is 2.74. The van der Waals surface area contributed by atoms with E-state index in [4.69, 9.17) is 22.1 Å². The van der Waals surface area contributed by atoms with Gasteiger partial charge in [-0.25, -0.2) is 0 Å². The molecule has 100 valence electrons. The van der Waals surface area contributed by atoms with Crippen LogP contribution in [0.1, 0.15) is 12.5 Å². The standard InChI is InChI=1S/C15H16ClNOS/c1-2-18-13-4-3-5-14(15(13)17)19-10-11-6-8-12(16)9-7-11/h3-9H,2,10,17H2,1H3. The van der Waals surface area contributed by atoms with Gasteiger partial charge in [-0.05, 0) is 36.8 Å². The molecule has 0 fully saturated rings. The van der Waals surface area contributed by atoms with Crippen molar-refractivity contribution >= 4 is 29.1 Å². The number of para-hydroxylation sites is 1. The Morgan fingerprint density at radius 3 is 2.58 bits per heavy atom. The van der Waals surface area contributed by atoms with Crippen LogP contribution < -0.4 is 10.5 Å². The average molecular weight is 294 g/mol. The molecule has 0 aliphatic rings. The summed E-state index contributed by atoms with van der Waals surface area (Å²) in [6.07, 6.45) is 0. The lowest BCUT2D eigenvalue weighted by molar-refractivity contribution is 0.341. The highest BCUT2D eigenvalue weighted by atomic mass is 35.5. The summed E-state index contributed by atoms with van der Waals surface area (Å²) in [6, 6.07) is 13.7. The third-order valence-corrected chi connectivity index (χ3v) is 4.03. The SMILES string of the molecule is CCOc1cccc(SCc2ccc(Cl)cc2)c1N. The van der Waals surface area contributed by atoms with E-state index in [0.717, 1.165) is 21.4 Å². The van der Waals surface area contributed by atoms with Gasteiger partial charge in [0.15, 0.2) is 0 Å². The summed E-state index contributed by atoms with van der Waals surface area (Å²) in [4.78, 5) is 1.04. The number of nitrogens with two attached hydrogens (primary N) is 1. The number of rotatable bonds is 5. The van der Waals surface area contributed by atoms with Gasteiger partial charge in [-0.2, -0.15) is 0 Å². The third kappa shape index (κ3) is 3.82. The number of hydrogen-bond donors (Lipinski definition) is 1. The second-order valence-electron chi connectivity index (χ2n) is 4.02. The predicted molar refractivity (Wildman–Crippen MR) is 83.0 cm³/mol. The van der Waals surface area contributed by atoms with Crippen LogP contribution >= 0.6 is 23.4 Å². The van der Waals surface area contributed by atoms with Crippen LogP contribution in [0.15, 0.2) is 47.4 Å².